The van der Waals surface area contributed by atoms with Crippen LogP contribution < -0.4 is 20.1 Å². The molecule has 6 heteroatoms. The third-order valence-corrected chi connectivity index (χ3v) is 5.67. The van der Waals surface area contributed by atoms with Gasteiger partial charge in [-0.1, -0.05) is 35.9 Å². The first kappa shape index (κ1) is 21.7. The Kier molecular flexibility index (Phi) is 6.98. The van der Waals surface area contributed by atoms with Crippen molar-refractivity contribution in [3.8, 4) is 11.5 Å². The van der Waals surface area contributed by atoms with E-state index in [1.54, 1.807) is 14.2 Å². The molecule has 0 radical (unpaired) electrons. The number of amides is 2. The molecule has 1 aliphatic rings. The number of carbonyl (C=O) groups is 2. The molecule has 2 aromatic rings. The maximum absolute atomic E-state index is 12.5. The van der Waals surface area contributed by atoms with Crippen LogP contribution in [-0.4, -0.2) is 31.6 Å². The van der Waals surface area contributed by atoms with Crippen molar-refractivity contribution in [2.75, 3.05) is 14.2 Å². The number of rotatable bonds is 9. The molecule has 30 heavy (non-hydrogen) atoms. The first-order valence-corrected chi connectivity index (χ1v) is 10.3. The van der Waals surface area contributed by atoms with E-state index in [1.807, 2.05) is 18.2 Å². The van der Waals surface area contributed by atoms with Crippen LogP contribution >= 0.6 is 0 Å². The van der Waals surface area contributed by atoms with E-state index in [9.17, 15) is 9.59 Å². The van der Waals surface area contributed by atoms with Crippen molar-refractivity contribution in [3.63, 3.8) is 0 Å². The number of methoxy groups -OCH3 is 2. The summed E-state index contributed by atoms with van der Waals surface area (Å²) >= 11 is 0. The van der Waals surface area contributed by atoms with Crippen molar-refractivity contribution in [2.45, 2.75) is 51.1 Å². The Morgan fingerprint density at radius 3 is 2.40 bits per heavy atom. The molecule has 2 aromatic carbocycles. The van der Waals surface area contributed by atoms with Gasteiger partial charge in [-0.3, -0.25) is 9.59 Å². The van der Waals surface area contributed by atoms with Crippen molar-refractivity contribution in [1.29, 1.82) is 0 Å². The third-order valence-electron chi connectivity index (χ3n) is 5.67. The van der Waals surface area contributed by atoms with Gasteiger partial charge in [0.1, 0.15) is 0 Å². The molecule has 1 aliphatic heterocycles. The molecule has 1 heterocycles. The van der Waals surface area contributed by atoms with Gasteiger partial charge in [0.2, 0.25) is 11.8 Å². The van der Waals surface area contributed by atoms with Gasteiger partial charge in [-0.2, -0.15) is 0 Å². The zero-order valence-corrected chi connectivity index (χ0v) is 17.9. The van der Waals surface area contributed by atoms with E-state index >= 15 is 0 Å². The summed E-state index contributed by atoms with van der Waals surface area (Å²) in [4.78, 5) is 24.4. The molecule has 160 valence electrons. The lowest BCUT2D eigenvalue weighted by molar-refractivity contribution is -0.122. The standard InChI is InChI=1S/C24H30N2O4/c1-17-4-6-18(7-5-17)15-24(13-11-23(28)26-24)12-10-22(27)25-16-19-8-9-20(29-2)21(14-19)30-3/h4-9,14H,10-13,15-16H2,1-3H3,(H,25,27)(H,26,28). The van der Waals surface area contributed by atoms with E-state index < -0.39 is 0 Å². The van der Waals surface area contributed by atoms with Crippen molar-refractivity contribution in [2.24, 2.45) is 0 Å². The predicted molar refractivity (Wildman–Crippen MR) is 116 cm³/mol. The number of aryl methyl sites for hydroxylation is 1. The zero-order valence-electron chi connectivity index (χ0n) is 17.9. The first-order chi connectivity index (χ1) is 14.4. The van der Waals surface area contributed by atoms with Crippen molar-refractivity contribution in [3.05, 3.63) is 59.2 Å². The fourth-order valence-electron chi connectivity index (χ4n) is 3.91. The second kappa shape index (κ2) is 9.65. The average molecular weight is 411 g/mol. The van der Waals surface area contributed by atoms with Crippen LogP contribution in [0.15, 0.2) is 42.5 Å². The van der Waals surface area contributed by atoms with Crippen molar-refractivity contribution < 1.29 is 19.1 Å². The maximum atomic E-state index is 12.5. The minimum Gasteiger partial charge on any atom is -0.493 e. The number of ether oxygens (including phenoxy) is 2. The van der Waals surface area contributed by atoms with Gasteiger partial charge in [-0.15, -0.1) is 0 Å². The molecule has 0 spiro atoms. The molecule has 0 aliphatic carbocycles. The number of hydrogen-bond acceptors (Lipinski definition) is 4. The van der Waals surface area contributed by atoms with Crippen LogP contribution in [0.2, 0.25) is 0 Å². The van der Waals surface area contributed by atoms with Gasteiger partial charge >= 0.3 is 0 Å². The van der Waals surface area contributed by atoms with E-state index in [2.05, 4.69) is 41.8 Å². The monoisotopic (exact) mass is 410 g/mol. The summed E-state index contributed by atoms with van der Waals surface area (Å²) in [6.07, 6.45) is 2.98. The summed E-state index contributed by atoms with van der Waals surface area (Å²) in [7, 11) is 3.18. The summed E-state index contributed by atoms with van der Waals surface area (Å²) in [5.41, 5.74) is 2.96. The highest BCUT2D eigenvalue weighted by Gasteiger charge is 2.37. The van der Waals surface area contributed by atoms with Crippen molar-refractivity contribution in [1.82, 2.24) is 10.6 Å². The SMILES string of the molecule is COc1ccc(CNC(=O)CCC2(Cc3ccc(C)cc3)CCC(=O)N2)cc1OC. The molecule has 1 saturated heterocycles. The molecule has 2 amide bonds. The first-order valence-electron chi connectivity index (χ1n) is 10.3. The van der Waals surface area contributed by atoms with Crippen molar-refractivity contribution >= 4 is 11.8 Å². The van der Waals surface area contributed by atoms with Gasteiger partial charge in [-0.05, 0) is 49.4 Å². The molecule has 3 rings (SSSR count). The highest BCUT2D eigenvalue weighted by atomic mass is 16.5. The fourth-order valence-corrected chi connectivity index (χ4v) is 3.91. The van der Waals surface area contributed by atoms with E-state index in [0.717, 1.165) is 18.4 Å². The Balaban J connectivity index is 1.57. The number of hydrogen-bond donors (Lipinski definition) is 2. The molecule has 0 aromatic heterocycles. The molecule has 1 unspecified atom stereocenters. The highest BCUT2D eigenvalue weighted by Crippen LogP contribution is 2.30. The summed E-state index contributed by atoms with van der Waals surface area (Å²) in [5, 5.41) is 6.10. The Morgan fingerprint density at radius 2 is 1.77 bits per heavy atom. The Morgan fingerprint density at radius 1 is 1.07 bits per heavy atom. The topological polar surface area (TPSA) is 76.7 Å². The molecular weight excluding hydrogens is 380 g/mol. The van der Waals surface area contributed by atoms with Gasteiger partial charge < -0.3 is 20.1 Å². The van der Waals surface area contributed by atoms with Crippen LogP contribution in [0.1, 0.15) is 42.4 Å². The number of nitrogens with one attached hydrogen (secondary N) is 2. The van der Waals surface area contributed by atoms with E-state index in [0.29, 0.717) is 37.3 Å². The summed E-state index contributed by atoms with van der Waals surface area (Å²) in [6, 6.07) is 13.9. The zero-order chi connectivity index (χ0) is 21.6. The largest absolute Gasteiger partial charge is 0.493 e. The smallest absolute Gasteiger partial charge is 0.220 e. The van der Waals surface area contributed by atoms with Crippen LogP contribution in [0.25, 0.3) is 0 Å². The Labute approximate surface area is 178 Å². The Hall–Kier alpha value is -3.02. The Bertz CT molecular complexity index is 895. The van der Waals surface area contributed by atoms with Gasteiger partial charge in [0.25, 0.3) is 0 Å². The lowest BCUT2D eigenvalue weighted by Crippen LogP contribution is -2.44. The second-order valence-corrected chi connectivity index (χ2v) is 7.96. The predicted octanol–water partition coefficient (Wildman–Crippen LogP) is 3.30. The summed E-state index contributed by atoms with van der Waals surface area (Å²) in [6.45, 7) is 2.47. The highest BCUT2D eigenvalue weighted by molar-refractivity contribution is 5.80. The maximum Gasteiger partial charge on any atom is 0.220 e. The normalized spacial score (nSPS) is 18.0. The van der Waals surface area contributed by atoms with Crippen LogP contribution in [0.5, 0.6) is 11.5 Å². The molecule has 1 atom stereocenters. The average Bonchev–Trinajstić information content (AvgIpc) is 3.12. The lowest BCUT2D eigenvalue weighted by Gasteiger charge is -2.29. The van der Waals surface area contributed by atoms with Gasteiger partial charge in [0.05, 0.1) is 14.2 Å². The summed E-state index contributed by atoms with van der Waals surface area (Å²) < 4.78 is 10.5. The van der Waals surface area contributed by atoms with Crippen LogP contribution in [-0.2, 0) is 22.6 Å². The van der Waals surface area contributed by atoms with E-state index in [4.69, 9.17) is 9.47 Å². The van der Waals surface area contributed by atoms with Crippen LogP contribution in [0.4, 0.5) is 0 Å². The van der Waals surface area contributed by atoms with Gasteiger partial charge in [0, 0.05) is 24.9 Å². The lowest BCUT2D eigenvalue weighted by atomic mass is 9.84. The fraction of sp³-hybridized carbons (Fsp3) is 0.417. The van der Waals surface area contributed by atoms with Gasteiger partial charge in [-0.25, -0.2) is 0 Å². The second-order valence-electron chi connectivity index (χ2n) is 7.96. The van der Waals surface area contributed by atoms with Crippen LogP contribution in [0, 0.1) is 6.92 Å². The molecule has 0 saturated carbocycles. The molecule has 2 N–H and O–H groups in total. The number of benzene rings is 2. The minimum atomic E-state index is -0.354. The van der Waals surface area contributed by atoms with E-state index in [-0.39, 0.29) is 17.4 Å². The minimum absolute atomic E-state index is 0.0331. The molecule has 1 fully saturated rings. The molecule has 6 nitrogen and oxygen atoms in total. The number of carbonyl (C=O) groups excluding carboxylic acids is 2. The van der Waals surface area contributed by atoms with E-state index in [1.165, 1.54) is 11.1 Å². The molecular formula is C24H30N2O4. The summed E-state index contributed by atoms with van der Waals surface area (Å²) in [5.74, 6) is 1.32. The molecule has 0 bridgehead atoms. The van der Waals surface area contributed by atoms with Gasteiger partial charge in [0.15, 0.2) is 11.5 Å². The quantitative estimate of drug-likeness (QED) is 0.665. The third kappa shape index (κ3) is 5.53. The van der Waals surface area contributed by atoms with Crippen LogP contribution in [0.3, 0.4) is 0 Å².